The summed E-state index contributed by atoms with van der Waals surface area (Å²) < 4.78 is 0. The molecule has 21 heavy (non-hydrogen) atoms. The van der Waals surface area contributed by atoms with Gasteiger partial charge in [-0.3, -0.25) is 0 Å². The fourth-order valence-corrected chi connectivity index (χ4v) is 8.14. The predicted octanol–water partition coefficient (Wildman–Crippen LogP) is 4.78. The molecule has 0 amide bonds. The quantitative estimate of drug-likeness (QED) is 0.697. The summed E-state index contributed by atoms with van der Waals surface area (Å²) in [6.45, 7) is 2.51. The zero-order chi connectivity index (χ0) is 14.5. The zero-order valence-corrected chi connectivity index (χ0v) is 14.6. The Kier molecular flexibility index (Phi) is 5.45. The van der Waals surface area contributed by atoms with Crippen molar-refractivity contribution in [3.05, 3.63) is 60.7 Å². The van der Waals surface area contributed by atoms with Crippen LogP contribution in [0.15, 0.2) is 60.7 Å². The minimum Gasteiger partial charge on any atom is -0.107 e. The third-order valence-corrected chi connectivity index (χ3v) is 9.83. The van der Waals surface area contributed by atoms with E-state index in [2.05, 4.69) is 67.3 Å². The van der Waals surface area contributed by atoms with E-state index in [4.69, 9.17) is 0 Å². The molecule has 0 N–H and O–H groups in total. The standard InChI is InChI=1S/C19H24P2/c1-20-15-8-13-17(20)14-16-21(18-9-4-2-5-10-18)19-11-6-3-7-12-19/h2-7,9-12,17H,8,13-16H2,1H3/t17-,20+/m0/s1. The van der Waals surface area contributed by atoms with E-state index in [1.165, 1.54) is 42.2 Å². The minimum atomic E-state index is -0.176. The Bertz CT molecular complexity index is 499. The lowest BCUT2D eigenvalue weighted by molar-refractivity contribution is 0.760. The van der Waals surface area contributed by atoms with Crippen molar-refractivity contribution in [3.63, 3.8) is 0 Å². The van der Waals surface area contributed by atoms with Crippen molar-refractivity contribution in [2.75, 3.05) is 19.0 Å². The topological polar surface area (TPSA) is 0 Å². The molecule has 110 valence electrons. The van der Waals surface area contributed by atoms with Crippen molar-refractivity contribution < 1.29 is 0 Å². The average molecular weight is 314 g/mol. The van der Waals surface area contributed by atoms with Gasteiger partial charge in [-0.05, 0) is 62.4 Å². The molecule has 0 spiro atoms. The molecule has 1 aliphatic rings. The summed E-state index contributed by atoms with van der Waals surface area (Å²) in [6.07, 6.45) is 7.25. The van der Waals surface area contributed by atoms with Crippen LogP contribution in [-0.2, 0) is 0 Å². The second-order valence-corrected chi connectivity index (χ2v) is 10.9. The number of hydrogen-bond acceptors (Lipinski definition) is 0. The van der Waals surface area contributed by atoms with Crippen molar-refractivity contribution in [1.82, 2.24) is 0 Å². The Morgan fingerprint density at radius 3 is 2.00 bits per heavy atom. The van der Waals surface area contributed by atoms with Gasteiger partial charge in [0.15, 0.2) is 0 Å². The van der Waals surface area contributed by atoms with E-state index in [9.17, 15) is 0 Å². The number of hydrogen-bond donors (Lipinski definition) is 0. The van der Waals surface area contributed by atoms with Crippen molar-refractivity contribution in [2.24, 2.45) is 0 Å². The van der Waals surface area contributed by atoms with Gasteiger partial charge < -0.3 is 0 Å². The lowest BCUT2D eigenvalue weighted by Crippen LogP contribution is -2.16. The van der Waals surface area contributed by atoms with Crippen LogP contribution < -0.4 is 10.6 Å². The van der Waals surface area contributed by atoms with Crippen LogP contribution in [0, 0.1) is 0 Å². The van der Waals surface area contributed by atoms with E-state index in [0.717, 1.165) is 5.66 Å². The summed E-state index contributed by atoms with van der Waals surface area (Å²) in [6, 6.07) is 22.3. The van der Waals surface area contributed by atoms with Crippen LogP contribution in [0.3, 0.4) is 0 Å². The molecular formula is C19H24P2. The Labute approximate surface area is 131 Å². The normalized spacial score (nSPS) is 21.8. The van der Waals surface area contributed by atoms with Crippen LogP contribution in [0.1, 0.15) is 19.3 Å². The summed E-state index contributed by atoms with van der Waals surface area (Å²) in [5, 5.41) is 3.08. The van der Waals surface area contributed by atoms with Gasteiger partial charge in [0.25, 0.3) is 0 Å². The Hall–Kier alpha value is -0.700. The molecule has 0 radical (unpaired) electrons. The first-order valence-electron chi connectivity index (χ1n) is 7.92. The third-order valence-electron chi connectivity index (χ3n) is 4.49. The molecule has 0 aromatic heterocycles. The van der Waals surface area contributed by atoms with E-state index in [0.29, 0.717) is 7.92 Å². The average Bonchev–Trinajstić information content (AvgIpc) is 2.95. The van der Waals surface area contributed by atoms with Gasteiger partial charge in [0.05, 0.1) is 0 Å². The molecule has 3 rings (SSSR count). The second kappa shape index (κ2) is 7.53. The largest absolute Gasteiger partial charge is 0.107 e. The molecule has 0 unspecified atom stereocenters. The Balaban J connectivity index is 1.76. The van der Waals surface area contributed by atoms with E-state index >= 15 is 0 Å². The molecule has 2 aromatic carbocycles. The van der Waals surface area contributed by atoms with E-state index in [-0.39, 0.29) is 7.92 Å². The highest BCUT2D eigenvalue weighted by Crippen LogP contribution is 2.49. The van der Waals surface area contributed by atoms with E-state index < -0.39 is 0 Å². The lowest BCUT2D eigenvalue weighted by Gasteiger charge is -2.22. The molecule has 1 heterocycles. The molecule has 2 aromatic rings. The van der Waals surface area contributed by atoms with Crippen molar-refractivity contribution in [1.29, 1.82) is 0 Å². The fraction of sp³-hybridized carbons (Fsp3) is 0.368. The van der Waals surface area contributed by atoms with Crippen molar-refractivity contribution >= 4 is 26.5 Å². The molecule has 1 saturated heterocycles. The van der Waals surface area contributed by atoms with Gasteiger partial charge in [0.1, 0.15) is 0 Å². The lowest BCUT2D eigenvalue weighted by atomic mass is 10.2. The molecule has 0 nitrogen and oxygen atoms in total. The van der Waals surface area contributed by atoms with Crippen LogP contribution in [0.2, 0.25) is 0 Å². The summed E-state index contributed by atoms with van der Waals surface area (Å²) in [4.78, 5) is 0. The smallest absolute Gasteiger partial charge is 0.0195 e. The van der Waals surface area contributed by atoms with Crippen LogP contribution >= 0.6 is 15.8 Å². The number of rotatable bonds is 5. The van der Waals surface area contributed by atoms with Gasteiger partial charge in [-0.1, -0.05) is 60.7 Å². The maximum absolute atomic E-state index is 2.51. The molecule has 0 aliphatic carbocycles. The summed E-state index contributed by atoms with van der Waals surface area (Å²) in [5.74, 6) is 0. The highest BCUT2D eigenvalue weighted by Gasteiger charge is 2.24. The predicted molar refractivity (Wildman–Crippen MR) is 99.3 cm³/mol. The van der Waals surface area contributed by atoms with E-state index in [1.54, 1.807) is 0 Å². The summed E-state index contributed by atoms with van der Waals surface area (Å²) >= 11 is 0. The van der Waals surface area contributed by atoms with Gasteiger partial charge in [-0.2, -0.15) is 0 Å². The molecule has 1 fully saturated rings. The van der Waals surface area contributed by atoms with Gasteiger partial charge in [-0.25, -0.2) is 0 Å². The van der Waals surface area contributed by atoms with Crippen LogP contribution in [0.25, 0.3) is 0 Å². The SMILES string of the molecule is C[P@]1CCC[C@H]1CCP(c1ccccc1)c1ccccc1. The summed E-state index contributed by atoms with van der Waals surface area (Å²) in [5.41, 5.74) is 1.03. The molecule has 0 bridgehead atoms. The van der Waals surface area contributed by atoms with Crippen LogP contribution in [0.5, 0.6) is 0 Å². The Morgan fingerprint density at radius 2 is 1.52 bits per heavy atom. The second-order valence-electron chi connectivity index (χ2n) is 5.89. The van der Waals surface area contributed by atoms with Gasteiger partial charge >= 0.3 is 0 Å². The Morgan fingerprint density at radius 1 is 0.952 bits per heavy atom. The van der Waals surface area contributed by atoms with Crippen LogP contribution in [0.4, 0.5) is 0 Å². The third kappa shape index (κ3) is 3.94. The molecule has 0 saturated carbocycles. The van der Waals surface area contributed by atoms with Gasteiger partial charge in [-0.15, -0.1) is 7.92 Å². The molecular weight excluding hydrogens is 290 g/mol. The molecule has 1 aliphatic heterocycles. The first-order valence-corrected chi connectivity index (χ1v) is 11.5. The molecule has 2 atom stereocenters. The maximum Gasteiger partial charge on any atom is -0.0195 e. The number of benzene rings is 2. The highest BCUT2D eigenvalue weighted by atomic mass is 31.1. The fourth-order valence-electron chi connectivity index (χ4n) is 3.25. The van der Waals surface area contributed by atoms with Gasteiger partial charge in [0.2, 0.25) is 0 Å². The summed E-state index contributed by atoms with van der Waals surface area (Å²) in [7, 11) is 0.138. The minimum absolute atomic E-state index is 0.176. The van der Waals surface area contributed by atoms with E-state index in [1.807, 2.05) is 0 Å². The highest BCUT2D eigenvalue weighted by molar-refractivity contribution is 7.73. The first kappa shape index (κ1) is 15.2. The van der Waals surface area contributed by atoms with Gasteiger partial charge in [0, 0.05) is 0 Å². The zero-order valence-electron chi connectivity index (χ0n) is 12.8. The van der Waals surface area contributed by atoms with Crippen molar-refractivity contribution in [3.8, 4) is 0 Å². The monoisotopic (exact) mass is 314 g/mol. The molecule has 2 heteroatoms. The maximum atomic E-state index is 2.51. The first-order chi connectivity index (χ1) is 10.3. The van der Waals surface area contributed by atoms with Crippen molar-refractivity contribution in [2.45, 2.75) is 24.9 Å². The van der Waals surface area contributed by atoms with Crippen LogP contribution in [-0.4, -0.2) is 24.6 Å².